The highest BCUT2D eigenvalue weighted by atomic mass is 16.3. The fraction of sp³-hybridized carbons (Fsp3) is 0.300. The van der Waals surface area contributed by atoms with Gasteiger partial charge in [0, 0.05) is 6.20 Å². The zero-order valence-corrected chi connectivity index (χ0v) is 7.80. The van der Waals surface area contributed by atoms with Gasteiger partial charge < -0.3 is 15.2 Å². The van der Waals surface area contributed by atoms with Crippen molar-refractivity contribution >= 4 is 5.65 Å². The normalized spacial score (nSPS) is 13.3. The van der Waals surface area contributed by atoms with Crippen molar-refractivity contribution in [3.8, 4) is 0 Å². The monoisotopic (exact) mass is 191 g/mol. The third-order valence-electron chi connectivity index (χ3n) is 2.23. The molecule has 0 fully saturated rings. The van der Waals surface area contributed by atoms with E-state index in [4.69, 9.17) is 5.73 Å². The molecule has 0 radical (unpaired) electrons. The summed E-state index contributed by atoms with van der Waals surface area (Å²) in [6.45, 7) is 0.473. The van der Waals surface area contributed by atoms with Gasteiger partial charge in [-0.05, 0) is 25.1 Å². The van der Waals surface area contributed by atoms with E-state index in [-0.39, 0.29) is 0 Å². The first-order valence-electron chi connectivity index (χ1n) is 4.63. The van der Waals surface area contributed by atoms with Crippen LogP contribution in [0.25, 0.3) is 5.65 Å². The van der Waals surface area contributed by atoms with Crippen LogP contribution in [0.3, 0.4) is 0 Å². The molecule has 2 heterocycles. The zero-order chi connectivity index (χ0) is 9.97. The summed E-state index contributed by atoms with van der Waals surface area (Å²) >= 11 is 0. The number of aliphatic hydroxyl groups excluding tert-OH is 1. The largest absolute Gasteiger partial charge is 0.387 e. The maximum atomic E-state index is 9.77. The second-order valence-electron chi connectivity index (χ2n) is 3.21. The van der Waals surface area contributed by atoms with Crippen molar-refractivity contribution in [1.29, 1.82) is 0 Å². The summed E-state index contributed by atoms with van der Waals surface area (Å²) in [6, 6.07) is 5.73. The Bertz CT molecular complexity index is 424. The summed E-state index contributed by atoms with van der Waals surface area (Å²) in [6.07, 6.45) is 3.60. The maximum Gasteiger partial charge on any atom is 0.136 e. The number of nitrogens with zero attached hydrogens (tertiary/aromatic N) is 2. The van der Waals surface area contributed by atoms with E-state index < -0.39 is 6.10 Å². The van der Waals surface area contributed by atoms with Crippen molar-refractivity contribution in [2.45, 2.75) is 12.5 Å². The fourth-order valence-electron chi connectivity index (χ4n) is 1.50. The van der Waals surface area contributed by atoms with Crippen LogP contribution < -0.4 is 5.73 Å². The molecule has 2 rings (SSSR count). The number of rotatable bonds is 3. The van der Waals surface area contributed by atoms with Gasteiger partial charge in [-0.2, -0.15) is 0 Å². The highest BCUT2D eigenvalue weighted by Crippen LogP contribution is 2.16. The summed E-state index contributed by atoms with van der Waals surface area (Å²) in [5.41, 5.74) is 7.03. The van der Waals surface area contributed by atoms with Gasteiger partial charge in [0.05, 0.1) is 18.0 Å². The predicted molar refractivity (Wildman–Crippen MR) is 53.8 cm³/mol. The maximum absolute atomic E-state index is 9.77. The van der Waals surface area contributed by atoms with E-state index in [1.54, 1.807) is 6.20 Å². The molecule has 0 spiro atoms. The summed E-state index contributed by atoms with van der Waals surface area (Å²) in [5, 5.41) is 9.77. The minimum atomic E-state index is -0.530. The molecule has 0 aliphatic rings. The third kappa shape index (κ3) is 1.49. The lowest BCUT2D eigenvalue weighted by atomic mass is 10.2. The quantitative estimate of drug-likeness (QED) is 0.751. The Balaban J connectivity index is 2.42. The second kappa shape index (κ2) is 3.77. The zero-order valence-electron chi connectivity index (χ0n) is 7.80. The fourth-order valence-corrected chi connectivity index (χ4v) is 1.50. The summed E-state index contributed by atoms with van der Waals surface area (Å²) in [5.74, 6) is 0. The molecular formula is C10H13N3O. The number of pyridine rings is 1. The van der Waals surface area contributed by atoms with Gasteiger partial charge >= 0.3 is 0 Å². The van der Waals surface area contributed by atoms with Gasteiger partial charge in [0.1, 0.15) is 5.65 Å². The molecule has 0 bridgehead atoms. The lowest BCUT2D eigenvalue weighted by molar-refractivity contribution is 0.164. The molecule has 4 heteroatoms. The summed E-state index contributed by atoms with van der Waals surface area (Å²) < 4.78 is 1.88. The van der Waals surface area contributed by atoms with Crippen LogP contribution in [0.2, 0.25) is 0 Å². The van der Waals surface area contributed by atoms with E-state index in [9.17, 15) is 5.11 Å². The molecule has 2 aromatic rings. The Labute approximate surface area is 82.0 Å². The number of aliphatic hydroxyl groups is 1. The SMILES string of the molecule is NCCC(O)c1cnc2ccccn12. The van der Waals surface area contributed by atoms with Gasteiger partial charge in [0.15, 0.2) is 0 Å². The number of hydrogen-bond acceptors (Lipinski definition) is 3. The van der Waals surface area contributed by atoms with Crippen LogP contribution >= 0.6 is 0 Å². The van der Waals surface area contributed by atoms with Crippen molar-refractivity contribution in [1.82, 2.24) is 9.38 Å². The molecule has 14 heavy (non-hydrogen) atoms. The number of aromatic nitrogens is 2. The van der Waals surface area contributed by atoms with Crippen LogP contribution in [0.5, 0.6) is 0 Å². The van der Waals surface area contributed by atoms with Gasteiger partial charge in [0.25, 0.3) is 0 Å². The highest BCUT2D eigenvalue weighted by molar-refractivity contribution is 5.40. The molecule has 3 N–H and O–H groups in total. The van der Waals surface area contributed by atoms with Crippen molar-refractivity contribution in [3.63, 3.8) is 0 Å². The van der Waals surface area contributed by atoms with Gasteiger partial charge in [-0.15, -0.1) is 0 Å². The average molecular weight is 191 g/mol. The van der Waals surface area contributed by atoms with Crippen LogP contribution in [-0.2, 0) is 0 Å². The molecule has 1 atom stereocenters. The Morgan fingerprint density at radius 1 is 1.50 bits per heavy atom. The van der Waals surface area contributed by atoms with Crippen LogP contribution in [-0.4, -0.2) is 21.0 Å². The number of fused-ring (bicyclic) bond motifs is 1. The number of imidazole rings is 1. The molecule has 2 aromatic heterocycles. The van der Waals surface area contributed by atoms with E-state index in [0.29, 0.717) is 13.0 Å². The molecule has 0 aromatic carbocycles. The molecule has 0 amide bonds. The Hall–Kier alpha value is -1.39. The third-order valence-corrected chi connectivity index (χ3v) is 2.23. The van der Waals surface area contributed by atoms with Crippen LogP contribution in [0.1, 0.15) is 18.2 Å². The Morgan fingerprint density at radius 2 is 2.36 bits per heavy atom. The smallest absolute Gasteiger partial charge is 0.136 e. The Morgan fingerprint density at radius 3 is 3.14 bits per heavy atom. The van der Waals surface area contributed by atoms with Crippen LogP contribution in [0.4, 0.5) is 0 Å². The number of nitrogens with two attached hydrogens (primary N) is 1. The van der Waals surface area contributed by atoms with E-state index in [2.05, 4.69) is 4.98 Å². The van der Waals surface area contributed by atoms with E-state index in [0.717, 1.165) is 11.3 Å². The van der Waals surface area contributed by atoms with Crippen LogP contribution in [0, 0.1) is 0 Å². The standard InChI is InChI=1S/C10H13N3O/c11-5-4-9(14)8-7-12-10-3-1-2-6-13(8)10/h1-3,6-7,9,14H,4-5,11H2. The lowest BCUT2D eigenvalue weighted by Gasteiger charge is -2.08. The topological polar surface area (TPSA) is 63.5 Å². The predicted octanol–water partition coefficient (Wildman–Crippen LogP) is 0.717. The van der Waals surface area contributed by atoms with Crippen molar-refractivity contribution < 1.29 is 5.11 Å². The molecule has 0 aliphatic heterocycles. The number of hydrogen-bond donors (Lipinski definition) is 2. The average Bonchev–Trinajstić information content (AvgIpc) is 2.61. The highest BCUT2D eigenvalue weighted by Gasteiger charge is 2.11. The molecule has 0 saturated carbocycles. The van der Waals surface area contributed by atoms with E-state index >= 15 is 0 Å². The molecular weight excluding hydrogens is 178 g/mol. The van der Waals surface area contributed by atoms with Gasteiger partial charge in [-0.25, -0.2) is 4.98 Å². The van der Waals surface area contributed by atoms with Crippen molar-refractivity contribution in [2.75, 3.05) is 6.54 Å². The van der Waals surface area contributed by atoms with Crippen LogP contribution in [0.15, 0.2) is 30.6 Å². The van der Waals surface area contributed by atoms with E-state index in [1.807, 2.05) is 28.8 Å². The summed E-state index contributed by atoms with van der Waals surface area (Å²) in [7, 11) is 0. The molecule has 4 nitrogen and oxygen atoms in total. The van der Waals surface area contributed by atoms with Gasteiger partial charge in [-0.3, -0.25) is 0 Å². The summed E-state index contributed by atoms with van der Waals surface area (Å²) in [4.78, 5) is 4.18. The lowest BCUT2D eigenvalue weighted by Crippen LogP contribution is -2.08. The van der Waals surface area contributed by atoms with Gasteiger partial charge in [-0.1, -0.05) is 6.07 Å². The first-order valence-corrected chi connectivity index (χ1v) is 4.63. The minimum absolute atomic E-state index is 0.473. The first-order chi connectivity index (χ1) is 6.83. The molecule has 1 unspecified atom stereocenters. The molecule has 0 saturated heterocycles. The minimum Gasteiger partial charge on any atom is -0.387 e. The van der Waals surface area contributed by atoms with Gasteiger partial charge in [0.2, 0.25) is 0 Å². The van der Waals surface area contributed by atoms with E-state index in [1.165, 1.54) is 0 Å². The first kappa shape index (κ1) is 9.18. The molecule has 0 aliphatic carbocycles. The van der Waals surface area contributed by atoms with Crippen molar-refractivity contribution in [2.24, 2.45) is 5.73 Å². The second-order valence-corrected chi connectivity index (χ2v) is 3.21. The molecule has 74 valence electrons. The Kier molecular flexibility index (Phi) is 2.47. The van der Waals surface area contributed by atoms with Crippen molar-refractivity contribution in [3.05, 3.63) is 36.3 Å².